The molecule has 3 heterocycles. The van der Waals surface area contributed by atoms with Gasteiger partial charge in [0.1, 0.15) is 0 Å². The molecule has 5 rings (SSSR count). The molecule has 0 unspecified atom stereocenters. The molecule has 0 spiro atoms. The number of carbonyl (C=O) groups is 2. The van der Waals surface area contributed by atoms with Gasteiger partial charge in [-0.15, -0.1) is 0 Å². The molecule has 3 atom stereocenters. The van der Waals surface area contributed by atoms with Crippen molar-refractivity contribution >= 4 is 11.8 Å². The molecule has 1 aromatic carbocycles. The molecule has 33 heavy (non-hydrogen) atoms. The van der Waals surface area contributed by atoms with E-state index in [9.17, 15) is 9.59 Å². The predicted molar refractivity (Wildman–Crippen MR) is 118 cm³/mol. The number of morpholine rings is 1. The van der Waals surface area contributed by atoms with Crippen LogP contribution in [0.4, 0.5) is 0 Å². The van der Waals surface area contributed by atoms with Gasteiger partial charge < -0.3 is 19.5 Å². The minimum Gasteiger partial charge on any atom is -0.378 e. The van der Waals surface area contributed by atoms with E-state index in [1.54, 1.807) is 24.5 Å². The maximum atomic E-state index is 13.2. The first-order valence-corrected chi connectivity index (χ1v) is 11.2. The lowest BCUT2D eigenvalue weighted by Crippen LogP contribution is -2.43. The van der Waals surface area contributed by atoms with E-state index in [0.29, 0.717) is 56.4 Å². The highest BCUT2D eigenvalue weighted by Gasteiger charge is 2.43. The van der Waals surface area contributed by atoms with Crippen LogP contribution in [0.15, 0.2) is 59.4 Å². The van der Waals surface area contributed by atoms with E-state index in [1.165, 1.54) is 0 Å². The first-order valence-electron chi connectivity index (χ1n) is 11.2. The Balaban J connectivity index is 1.38. The summed E-state index contributed by atoms with van der Waals surface area (Å²) < 4.78 is 11.0. The monoisotopic (exact) mass is 447 g/mol. The number of benzene rings is 1. The summed E-state index contributed by atoms with van der Waals surface area (Å²) in [5, 5.41) is 7.23. The van der Waals surface area contributed by atoms with Crippen molar-refractivity contribution in [1.29, 1.82) is 0 Å². The molecule has 0 bridgehead atoms. The summed E-state index contributed by atoms with van der Waals surface area (Å²) in [6.07, 6.45) is 4.21. The van der Waals surface area contributed by atoms with Gasteiger partial charge >= 0.3 is 0 Å². The molecular formula is C24H25N5O4. The van der Waals surface area contributed by atoms with E-state index in [1.807, 2.05) is 35.2 Å². The standard InChI is InChI=1S/C24H25N5O4/c30-22(17-6-8-25-9-7-17)26-20-15-18(24(31)29-10-12-32-13-11-29)14-19(20)23-27-21(28-33-23)16-4-2-1-3-5-16/h1-9,18-20H,10-15H2,(H,26,30)/t18-,19-,20+/m1/s1. The maximum Gasteiger partial charge on any atom is 0.251 e. The summed E-state index contributed by atoms with van der Waals surface area (Å²) in [5.74, 6) is 0.319. The lowest BCUT2D eigenvalue weighted by Gasteiger charge is -2.29. The molecule has 2 amide bonds. The van der Waals surface area contributed by atoms with Crippen molar-refractivity contribution in [2.45, 2.75) is 24.8 Å². The van der Waals surface area contributed by atoms with Crippen LogP contribution in [0.2, 0.25) is 0 Å². The van der Waals surface area contributed by atoms with Crippen LogP contribution in [-0.2, 0) is 9.53 Å². The van der Waals surface area contributed by atoms with Gasteiger partial charge in [0.15, 0.2) is 0 Å². The summed E-state index contributed by atoms with van der Waals surface area (Å²) in [6.45, 7) is 2.28. The molecule has 1 aliphatic heterocycles. The Morgan fingerprint density at radius 1 is 1.00 bits per heavy atom. The van der Waals surface area contributed by atoms with E-state index in [-0.39, 0.29) is 29.7 Å². The van der Waals surface area contributed by atoms with Gasteiger partial charge in [0, 0.05) is 48.6 Å². The molecule has 1 aliphatic carbocycles. The molecule has 1 N–H and O–H groups in total. The minimum absolute atomic E-state index is 0.0896. The minimum atomic E-state index is -0.301. The van der Waals surface area contributed by atoms with Gasteiger partial charge in [-0.25, -0.2) is 0 Å². The fourth-order valence-corrected chi connectivity index (χ4v) is 4.56. The molecule has 170 valence electrons. The molecular weight excluding hydrogens is 422 g/mol. The number of carbonyl (C=O) groups excluding carboxylic acids is 2. The zero-order chi connectivity index (χ0) is 22.6. The smallest absolute Gasteiger partial charge is 0.251 e. The van der Waals surface area contributed by atoms with Crippen molar-refractivity contribution in [3.63, 3.8) is 0 Å². The highest BCUT2D eigenvalue weighted by molar-refractivity contribution is 5.94. The normalized spacial score (nSPS) is 22.8. The van der Waals surface area contributed by atoms with Crippen molar-refractivity contribution < 1.29 is 18.8 Å². The Labute approximate surface area is 191 Å². The second-order valence-electron chi connectivity index (χ2n) is 8.35. The molecule has 1 saturated heterocycles. The van der Waals surface area contributed by atoms with E-state index in [4.69, 9.17) is 9.26 Å². The van der Waals surface area contributed by atoms with Crippen LogP contribution in [0, 0.1) is 5.92 Å². The maximum absolute atomic E-state index is 13.2. The lowest BCUT2D eigenvalue weighted by atomic mass is 10.0. The third-order valence-corrected chi connectivity index (χ3v) is 6.28. The van der Waals surface area contributed by atoms with Crippen LogP contribution in [0.3, 0.4) is 0 Å². The average molecular weight is 447 g/mol. The zero-order valence-corrected chi connectivity index (χ0v) is 18.1. The summed E-state index contributed by atoms with van der Waals surface area (Å²) in [7, 11) is 0. The second-order valence-corrected chi connectivity index (χ2v) is 8.35. The SMILES string of the molecule is O=C(N[C@H]1C[C@H](C(=O)N2CCOCC2)C[C@H]1c1nc(-c2ccccc2)no1)c1ccncc1. The summed E-state index contributed by atoms with van der Waals surface area (Å²) >= 11 is 0. The van der Waals surface area contributed by atoms with Gasteiger partial charge in [-0.1, -0.05) is 35.5 Å². The van der Waals surface area contributed by atoms with Gasteiger partial charge in [0.05, 0.1) is 19.1 Å². The largest absolute Gasteiger partial charge is 0.378 e. The lowest BCUT2D eigenvalue weighted by molar-refractivity contribution is -0.139. The number of hydrogen-bond acceptors (Lipinski definition) is 7. The number of rotatable bonds is 5. The first-order chi connectivity index (χ1) is 16.2. The van der Waals surface area contributed by atoms with Crippen molar-refractivity contribution in [1.82, 2.24) is 25.3 Å². The predicted octanol–water partition coefficient (Wildman–Crippen LogP) is 2.28. The van der Waals surface area contributed by atoms with Crippen molar-refractivity contribution in [2.75, 3.05) is 26.3 Å². The Bertz CT molecular complexity index is 1100. The van der Waals surface area contributed by atoms with Crippen LogP contribution >= 0.6 is 0 Å². The van der Waals surface area contributed by atoms with Gasteiger partial charge in [-0.05, 0) is 25.0 Å². The van der Waals surface area contributed by atoms with Gasteiger partial charge in [-0.2, -0.15) is 4.98 Å². The third kappa shape index (κ3) is 4.63. The third-order valence-electron chi connectivity index (χ3n) is 6.28. The molecule has 9 nitrogen and oxygen atoms in total. The number of pyridine rings is 1. The molecule has 2 aliphatic rings. The van der Waals surface area contributed by atoms with E-state index < -0.39 is 0 Å². The number of amides is 2. The van der Waals surface area contributed by atoms with E-state index >= 15 is 0 Å². The summed E-state index contributed by atoms with van der Waals surface area (Å²) in [4.78, 5) is 36.5. The van der Waals surface area contributed by atoms with E-state index in [0.717, 1.165) is 5.56 Å². The number of nitrogens with zero attached hydrogens (tertiary/aromatic N) is 4. The fraction of sp³-hybridized carbons (Fsp3) is 0.375. The molecule has 2 fully saturated rings. The summed E-state index contributed by atoms with van der Waals surface area (Å²) in [6, 6.07) is 12.6. The highest BCUT2D eigenvalue weighted by Crippen LogP contribution is 2.39. The molecule has 2 aromatic heterocycles. The Morgan fingerprint density at radius 3 is 2.52 bits per heavy atom. The van der Waals surface area contributed by atoms with Crippen LogP contribution in [0.25, 0.3) is 11.4 Å². The summed E-state index contributed by atoms with van der Waals surface area (Å²) in [5.41, 5.74) is 1.37. The quantitative estimate of drug-likeness (QED) is 0.639. The Kier molecular flexibility index (Phi) is 6.12. The van der Waals surface area contributed by atoms with Gasteiger partial charge in [0.2, 0.25) is 17.6 Å². The van der Waals surface area contributed by atoms with Crippen molar-refractivity contribution in [3.8, 4) is 11.4 Å². The molecule has 1 saturated carbocycles. The van der Waals surface area contributed by atoms with E-state index in [2.05, 4.69) is 20.4 Å². The van der Waals surface area contributed by atoms with Crippen molar-refractivity contribution in [3.05, 3.63) is 66.3 Å². The molecule has 9 heteroatoms. The van der Waals surface area contributed by atoms with Crippen LogP contribution in [0.5, 0.6) is 0 Å². The fourth-order valence-electron chi connectivity index (χ4n) is 4.56. The van der Waals surface area contributed by atoms with Crippen LogP contribution in [0.1, 0.15) is 35.0 Å². The van der Waals surface area contributed by atoms with Gasteiger partial charge in [-0.3, -0.25) is 14.6 Å². The number of nitrogens with one attached hydrogen (secondary N) is 1. The van der Waals surface area contributed by atoms with Crippen LogP contribution in [-0.4, -0.2) is 64.2 Å². The Hall–Kier alpha value is -3.59. The first kappa shape index (κ1) is 21.3. The zero-order valence-electron chi connectivity index (χ0n) is 18.1. The van der Waals surface area contributed by atoms with Crippen molar-refractivity contribution in [2.24, 2.45) is 5.92 Å². The number of ether oxygens (including phenoxy) is 1. The number of hydrogen-bond donors (Lipinski definition) is 1. The second kappa shape index (κ2) is 9.50. The molecule has 0 radical (unpaired) electrons. The average Bonchev–Trinajstić information content (AvgIpc) is 3.53. The highest BCUT2D eigenvalue weighted by atomic mass is 16.5. The number of aromatic nitrogens is 3. The molecule has 3 aromatic rings. The Morgan fingerprint density at radius 2 is 1.76 bits per heavy atom. The topological polar surface area (TPSA) is 110 Å². The van der Waals surface area contributed by atoms with Crippen LogP contribution < -0.4 is 5.32 Å². The van der Waals surface area contributed by atoms with Gasteiger partial charge in [0.25, 0.3) is 5.91 Å².